The number of rotatable bonds is 5. The van der Waals surface area contributed by atoms with Crippen molar-refractivity contribution in [2.45, 2.75) is 0 Å². The first-order valence-electron chi connectivity index (χ1n) is 11.4. The highest BCUT2D eigenvalue weighted by atomic mass is 35.5. The van der Waals surface area contributed by atoms with Gasteiger partial charge in [0.15, 0.2) is 0 Å². The predicted octanol–water partition coefficient (Wildman–Crippen LogP) is 5.23. The second kappa shape index (κ2) is 10.3. The average Bonchev–Trinajstić information content (AvgIpc) is 3.38. The molecule has 0 saturated carbocycles. The summed E-state index contributed by atoms with van der Waals surface area (Å²) >= 11 is 6.11. The SMILES string of the molecule is N#Cc1c(-c2cccc(Cl)c2)c(C#N)c(=O)n(/N=C/c2cn(-c3ccccc3)nc2-c2ccccc2)c1N. The van der Waals surface area contributed by atoms with Crippen LogP contribution < -0.4 is 11.3 Å². The number of benzene rings is 3. The highest BCUT2D eigenvalue weighted by Gasteiger charge is 2.22. The van der Waals surface area contributed by atoms with Crippen molar-refractivity contribution >= 4 is 23.6 Å². The molecule has 182 valence electrons. The zero-order chi connectivity index (χ0) is 26.6. The molecule has 0 aliphatic rings. The number of hydrogen-bond acceptors (Lipinski definition) is 6. The van der Waals surface area contributed by atoms with Crippen molar-refractivity contribution in [1.82, 2.24) is 14.5 Å². The first-order valence-corrected chi connectivity index (χ1v) is 11.8. The fourth-order valence-corrected chi connectivity index (χ4v) is 4.27. The molecule has 5 aromatic rings. The second-order valence-corrected chi connectivity index (χ2v) is 8.62. The molecular weight excluding hydrogens is 498 g/mol. The summed E-state index contributed by atoms with van der Waals surface area (Å²) in [6, 6.07) is 29.5. The van der Waals surface area contributed by atoms with Crippen LogP contribution in [0.5, 0.6) is 0 Å². The van der Waals surface area contributed by atoms with E-state index in [1.807, 2.05) is 72.8 Å². The largest absolute Gasteiger partial charge is 0.382 e. The molecule has 2 heterocycles. The molecule has 38 heavy (non-hydrogen) atoms. The van der Waals surface area contributed by atoms with E-state index >= 15 is 0 Å². The quantitative estimate of drug-likeness (QED) is 0.321. The van der Waals surface area contributed by atoms with E-state index in [4.69, 9.17) is 22.4 Å². The maximum absolute atomic E-state index is 13.4. The zero-order valence-electron chi connectivity index (χ0n) is 19.8. The van der Waals surface area contributed by atoms with Crippen molar-refractivity contribution in [3.63, 3.8) is 0 Å². The van der Waals surface area contributed by atoms with Gasteiger partial charge in [0.2, 0.25) is 0 Å². The molecule has 2 N–H and O–H groups in total. The van der Waals surface area contributed by atoms with Crippen LogP contribution in [0, 0.1) is 22.7 Å². The Morgan fingerprint density at radius 2 is 1.55 bits per heavy atom. The number of halogens is 1. The molecule has 9 heteroatoms. The Bertz CT molecular complexity index is 1830. The smallest absolute Gasteiger partial charge is 0.291 e. The Labute approximate surface area is 222 Å². The lowest BCUT2D eigenvalue weighted by atomic mass is 9.96. The van der Waals surface area contributed by atoms with Crippen molar-refractivity contribution in [3.8, 4) is 40.2 Å². The standard InChI is InChI=1S/C29H18ClN7O/c30-22-11-7-10-20(14-22)26-24(15-31)28(33)37(29(38)25(26)16-32)34-17-21-18-36(23-12-5-2-6-13-23)35-27(21)19-8-3-1-4-9-19/h1-14,17-18H,33H2/b34-17+. The molecule has 0 radical (unpaired) electrons. The minimum atomic E-state index is -0.757. The lowest BCUT2D eigenvalue weighted by molar-refractivity contribution is 0.841. The third-order valence-corrected chi connectivity index (χ3v) is 6.09. The van der Waals surface area contributed by atoms with Gasteiger partial charge >= 0.3 is 0 Å². The second-order valence-electron chi connectivity index (χ2n) is 8.18. The van der Waals surface area contributed by atoms with E-state index in [9.17, 15) is 15.3 Å². The number of nitrogens with zero attached hydrogens (tertiary/aromatic N) is 6. The molecule has 0 bridgehead atoms. The monoisotopic (exact) mass is 515 g/mol. The summed E-state index contributed by atoms with van der Waals surface area (Å²) in [5, 5.41) is 29.2. The van der Waals surface area contributed by atoms with E-state index in [-0.39, 0.29) is 22.5 Å². The Morgan fingerprint density at radius 1 is 0.895 bits per heavy atom. The maximum atomic E-state index is 13.4. The molecule has 0 spiro atoms. The molecule has 0 atom stereocenters. The summed E-state index contributed by atoms with van der Waals surface area (Å²) in [6.45, 7) is 0. The van der Waals surface area contributed by atoms with Crippen LogP contribution in [0.15, 0.2) is 101 Å². The molecule has 0 unspecified atom stereocenters. The summed E-state index contributed by atoms with van der Waals surface area (Å²) in [6.07, 6.45) is 3.22. The molecular formula is C29H18ClN7O. The molecule has 0 fully saturated rings. The molecule has 0 amide bonds. The predicted molar refractivity (Wildman–Crippen MR) is 147 cm³/mol. The van der Waals surface area contributed by atoms with Gasteiger partial charge in [-0.3, -0.25) is 4.79 Å². The normalized spacial score (nSPS) is 10.8. The summed E-state index contributed by atoms with van der Waals surface area (Å²) < 4.78 is 2.57. The number of hydrogen-bond donors (Lipinski definition) is 1. The van der Waals surface area contributed by atoms with E-state index in [0.717, 1.165) is 15.9 Å². The molecule has 8 nitrogen and oxygen atoms in total. The number of nitrogen functional groups attached to an aromatic ring is 1. The number of nitrogens with two attached hydrogens (primary N) is 1. The Hall–Kier alpha value is -5.44. The van der Waals surface area contributed by atoms with Crippen LogP contribution in [-0.4, -0.2) is 20.7 Å². The van der Waals surface area contributed by atoms with Crippen LogP contribution in [0.4, 0.5) is 5.82 Å². The van der Waals surface area contributed by atoms with E-state index in [2.05, 4.69) is 5.10 Å². The topological polar surface area (TPSA) is 126 Å². The number of nitriles is 2. The van der Waals surface area contributed by atoms with Gasteiger partial charge in [0.1, 0.15) is 34.8 Å². The third kappa shape index (κ3) is 4.44. The van der Waals surface area contributed by atoms with Gasteiger partial charge in [-0.25, -0.2) is 4.68 Å². The lowest BCUT2D eigenvalue weighted by Crippen LogP contribution is -2.25. The summed E-state index contributed by atoms with van der Waals surface area (Å²) in [5.74, 6) is -0.195. The maximum Gasteiger partial charge on any atom is 0.291 e. The van der Waals surface area contributed by atoms with Crippen molar-refractivity contribution in [2.75, 3.05) is 5.73 Å². The summed E-state index contributed by atoms with van der Waals surface area (Å²) in [5.41, 5.74) is 8.65. The van der Waals surface area contributed by atoms with E-state index in [1.165, 1.54) is 6.21 Å². The van der Waals surface area contributed by atoms with Gasteiger partial charge in [-0.2, -0.15) is 25.4 Å². The minimum Gasteiger partial charge on any atom is -0.382 e. The van der Waals surface area contributed by atoms with Gasteiger partial charge in [0, 0.05) is 27.9 Å². The molecule has 2 aromatic heterocycles. The van der Waals surface area contributed by atoms with E-state index in [1.54, 1.807) is 35.1 Å². The van der Waals surface area contributed by atoms with E-state index in [0.29, 0.717) is 21.8 Å². The van der Waals surface area contributed by atoms with Crippen LogP contribution in [0.25, 0.3) is 28.1 Å². The van der Waals surface area contributed by atoms with Gasteiger partial charge in [-0.05, 0) is 29.8 Å². The molecule has 0 aliphatic carbocycles. The van der Waals surface area contributed by atoms with Crippen LogP contribution in [-0.2, 0) is 0 Å². The lowest BCUT2D eigenvalue weighted by Gasteiger charge is -2.12. The fourth-order valence-electron chi connectivity index (χ4n) is 4.08. The van der Waals surface area contributed by atoms with E-state index < -0.39 is 5.56 Å². The molecule has 3 aromatic carbocycles. The Morgan fingerprint density at radius 3 is 2.21 bits per heavy atom. The minimum absolute atomic E-state index is 0.0520. The van der Waals surface area contributed by atoms with Crippen LogP contribution in [0.3, 0.4) is 0 Å². The van der Waals surface area contributed by atoms with Gasteiger partial charge in [0.25, 0.3) is 5.56 Å². The fraction of sp³-hybridized carbons (Fsp3) is 0. The highest BCUT2D eigenvalue weighted by molar-refractivity contribution is 6.30. The van der Waals surface area contributed by atoms with Crippen LogP contribution in [0.2, 0.25) is 5.02 Å². The molecule has 0 aliphatic heterocycles. The first kappa shape index (κ1) is 24.3. The van der Waals surface area contributed by atoms with Crippen molar-refractivity contribution < 1.29 is 0 Å². The molecule has 0 saturated heterocycles. The zero-order valence-corrected chi connectivity index (χ0v) is 20.5. The Kier molecular flexibility index (Phi) is 6.56. The number of anilines is 1. The van der Waals surface area contributed by atoms with Gasteiger partial charge in [0.05, 0.1) is 11.9 Å². The summed E-state index contributed by atoms with van der Waals surface area (Å²) in [7, 11) is 0. The van der Waals surface area contributed by atoms with Gasteiger partial charge < -0.3 is 5.73 Å². The van der Waals surface area contributed by atoms with Gasteiger partial charge in [-0.1, -0.05) is 72.3 Å². The average molecular weight is 516 g/mol. The van der Waals surface area contributed by atoms with Crippen LogP contribution >= 0.6 is 11.6 Å². The number of pyridine rings is 1. The first-order chi connectivity index (χ1) is 18.5. The van der Waals surface area contributed by atoms with Crippen molar-refractivity contribution in [3.05, 3.63) is 123 Å². The van der Waals surface area contributed by atoms with Crippen molar-refractivity contribution in [1.29, 1.82) is 10.5 Å². The number of aromatic nitrogens is 3. The van der Waals surface area contributed by atoms with Crippen molar-refractivity contribution in [2.24, 2.45) is 5.10 Å². The van der Waals surface area contributed by atoms with Crippen LogP contribution in [0.1, 0.15) is 16.7 Å². The van der Waals surface area contributed by atoms with Gasteiger partial charge in [-0.15, -0.1) is 0 Å². The Balaban J connectivity index is 1.68. The third-order valence-electron chi connectivity index (χ3n) is 5.85. The number of para-hydroxylation sites is 1. The highest BCUT2D eigenvalue weighted by Crippen LogP contribution is 2.31. The summed E-state index contributed by atoms with van der Waals surface area (Å²) in [4.78, 5) is 13.4. The molecule has 5 rings (SSSR count).